The van der Waals surface area contributed by atoms with Crippen molar-refractivity contribution < 1.29 is 0 Å². The molecule has 1 unspecified atom stereocenters. The molecule has 5 heteroatoms. The Balaban J connectivity index is 1.97. The van der Waals surface area contributed by atoms with Crippen molar-refractivity contribution in [2.45, 2.75) is 26.8 Å². The molecule has 19 heavy (non-hydrogen) atoms. The largest absolute Gasteiger partial charge is 0.355 e. The summed E-state index contributed by atoms with van der Waals surface area (Å²) in [5.74, 6) is 0. The van der Waals surface area contributed by atoms with Crippen LogP contribution in [0.25, 0.3) is 0 Å². The first-order valence-electron chi connectivity index (χ1n) is 6.12. The molecule has 0 spiro atoms. The molecule has 0 fully saturated rings. The number of rotatable bonds is 3. The van der Waals surface area contributed by atoms with Gasteiger partial charge in [0.1, 0.15) is 0 Å². The first kappa shape index (κ1) is 14.0. The van der Waals surface area contributed by atoms with Crippen molar-refractivity contribution >= 4 is 34.4 Å². The van der Waals surface area contributed by atoms with Crippen LogP contribution in [0.15, 0.2) is 30.3 Å². The van der Waals surface area contributed by atoms with Crippen molar-refractivity contribution in [2.24, 2.45) is 0 Å². The van der Waals surface area contributed by atoms with E-state index in [4.69, 9.17) is 12.2 Å². The summed E-state index contributed by atoms with van der Waals surface area (Å²) >= 11 is 7.03. The monoisotopic (exact) mass is 291 g/mol. The van der Waals surface area contributed by atoms with Crippen LogP contribution in [-0.4, -0.2) is 10.1 Å². The van der Waals surface area contributed by atoms with E-state index in [0.717, 1.165) is 16.4 Å². The molecule has 0 aliphatic carbocycles. The molecule has 0 amide bonds. The summed E-state index contributed by atoms with van der Waals surface area (Å²) in [5, 5.41) is 8.18. The lowest BCUT2D eigenvalue weighted by Gasteiger charge is -2.16. The number of hydrogen-bond acceptors (Lipinski definition) is 3. The minimum Gasteiger partial charge on any atom is -0.355 e. The van der Waals surface area contributed by atoms with Gasteiger partial charge in [0.25, 0.3) is 0 Å². The lowest BCUT2D eigenvalue weighted by Crippen LogP contribution is -2.30. The standard InChI is InChI=1S/C14H17N3S2/c1-9-13(19-11(3)15-9)10(2)16-14(18)17-12-7-5-4-6-8-12/h4-8,10H,1-3H3,(H2,16,17,18). The Hall–Kier alpha value is -1.46. The highest BCUT2D eigenvalue weighted by Crippen LogP contribution is 2.24. The van der Waals surface area contributed by atoms with Gasteiger partial charge in [-0.1, -0.05) is 18.2 Å². The summed E-state index contributed by atoms with van der Waals surface area (Å²) in [6.45, 7) is 6.15. The van der Waals surface area contributed by atoms with Gasteiger partial charge in [-0.3, -0.25) is 0 Å². The third-order valence-electron chi connectivity index (χ3n) is 2.71. The van der Waals surface area contributed by atoms with Crippen molar-refractivity contribution in [3.63, 3.8) is 0 Å². The van der Waals surface area contributed by atoms with E-state index in [1.807, 2.05) is 44.2 Å². The third-order valence-corrected chi connectivity index (χ3v) is 4.19. The van der Waals surface area contributed by atoms with Gasteiger partial charge in [-0.05, 0) is 45.1 Å². The maximum absolute atomic E-state index is 5.32. The quantitative estimate of drug-likeness (QED) is 0.843. The van der Waals surface area contributed by atoms with E-state index in [0.29, 0.717) is 5.11 Å². The molecule has 2 aromatic rings. The summed E-state index contributed by atoms with van der Waals surface area (Å²) < 4.78 is 0. The minimum atomic E-state index is 0.162. The van der Waals surface area contributed by atoms with Crippen molar-refractivity contribution in [1.29, 1.82) is 0 Å². The van der Waals surface area contributed by atoms with Crippen molar-refractivity contribution in [1.82, 2.24) is 10.3 Å². The molecule has 0 aliphatic heterocycles. The number of nitrogens with one attached hydrogen (secondary N) is 2. The lowest BCUT2D eigenvalue weighted by molar-refractivity contribution is 0.729. The normalized spacial score (nSPS) is 11.9. The highest BCUT2D eigenvalue weighted by Gasteiger charge is 2.13. The van der Waals surface area contributed by atoms with Crippen LogP contribution in [0.2, 0.25) is 0 Å². The van der Waals surface area contributed by atoms with Gasteiger partial charge in [-0.2, -0.15) is 0 Å². The van der Waals surface area contributed by atoms with Crippen LogP contribution in [0.4, 0.5) is 5.69 Å². The second kappa shape index (κ2) is 6.12. The molecule has 3 nitrogen and oxygen atoms in total. The molecule has 0 bridgehead atoms. The number of hydrogen-bond donors (Lipinski definition) is 2. The van der Waals surface area contributed by atoms with E-state index in [9.17, 15) is 0 Å². The van der Waals surface area contributed by atoms with E-state index in [1.165, 1.54) is 4.88 Å². The van der Waals surface area contributed by atoms with Gasteiger partial charge in [0.05, 0.1) is 16.7 Å². The number of anilines is 1. The Morgan fingerprint density at radius 1 is 1.26 bits per heavy atom. The number of benzene rings is 1. The van der Waals surface area contributed by atoms with Crippen LogP contribution in [0.5, 0.6) is 0 Å². The molecule has 0 aliphatic rings. The van der Waals surface area contributed by atoms with Crippen LogP contribution in [0.1, 0.15) is 28.5 Å². The zero-order valence-corrected chi connectivity index (χ0v) is 12.9. The van der Waals surface area contributed by atoms with Crippen LogP contribution in [0, 0.1) is 13.8 Å². The fourth-order valence-electron chi connectivity index (χ4n) is 1.90. The Morgan fingerprint density at radius 3 is 2.53 bits per heavy atom. The first-order valence-corrected chi connectivity index (χ1v) is 7.35. The van der Waals surface area contributed by atoms with Crippen LogP contribution in [0.3, 0.4) is 0 Å². The van der Waals surface area contributed by atoms with Crippen molar-refractivity contribution in [3.05, 3.63) is 45.9 Å². The van der Waals surface area contributed by atoms with Gasteiger partial charge >= 0.3 is 0 Å². The van der Waals surface area contributed by atoms with E-state index >= 15 is 0 Å². The first-order chi connectivity index (χ1) is 9.06. The van der Waals surface area contributed by atoms with Crippen LogP contribution < -0.4 is 10.6 Å². The molecule has 1 heterocycles. The molecule has 100 valence electrons. The molecule has 1 atom stereocenters. The maximum Gasteiger partial charge on any atom is 0.171 e. The van der Waals surface area contributed by atoms with Gasteiger partial charge in [-0.25, -0.2) is 4.98 Å². The highest BCUT2D eigenvalue weighted by atomic mass is 32.1. The van der Waals surface area contributed by atoms with Crippen molar-refractivity contribution in [2.75, 3.05) is 5.32 Å². The molecule has 2 rings (SSSR count). The van der Waals surface area contributed by atoms with Crippen molar-refractivity contribution in [3.8, 4) is 0 Å². The van der Waals surface area contributed by atoms with E-state index in [2.05, 4.69) is 22.5 Å². The molecular weight excluding hydrogens is 274 g/mol. The Kier molecular flexibility index (Phi) is 4.50. The number of aromatic nitrogens is 1. The molecule has 0 radical (unpaired) electrons. The number of thiocarbonyl (C=S) groups is 1. The predicted molar refractivity (Wildman–Crippen MR) is 85.8 cm³/mol. The SMILES string of the molecule is Cc1nc(C)c(C(C)NC(=S)Nc2ccccc2)s1. The zero-order valence-electron chi connectivity index (χ0n) is 11.2. The fourth-order valence-corrected chi connectivity index (χ4v) is 3.12. The molecule has 0 saturated heterocycles. The molecule has 1 aromatic heterocycles. The van der Waals surface area contributed by atoms with Gasteiger partial charge in [-0.15, -0.1) is 11.3 Å². The van der Waals surface area contributed by atoms with Gasteiger partial charge < -0.3 is 10.6 Å². The lowest BCUT2D eigenvalue weighted by atomic mass is 10.2. The minimum absolute atomic E-state index is 0.162. The van der Waals surface area contributed by atoms with Gasteiger partial charge in [0.15, 0.2) is 5.11 Å². The average molecular weight is 291 g/mol. The van der Waals surface area contributed by atoms with Crippen LogP contribution in [-0.2, 0) is 0 Å². The summed E-state index contributed by atoms with van der Waals surface area (Å²) in [6.07, 6.45) is 0. The Morgan fingerprint density at radius 2 is 1.95 bits per heavy atom. The predicted octanol–water partition coefficient (Wildman–Crippen LogP) is 3.81. The highest BCUT2D eigenvalue weighted by molar-refractivity contribution is 7.80. The molecular formula is C14H17N3S2. The average Bonchev–Trinajstić information content (AvgIpc) is 2.69. The maximum atomic E-state index is 5.32. The molecule has 2 N–H and O–H groups in total. The fraction of sp³-hybridized carbons (Fsp3) is 0.286. The summed E-state index contributed by atoms with van der Waals surface area (Å²) in [6, 6.07) is 10.1. The van der Waals surface area contributed by atoms with Crippen LogP contribution >= 0.6 is 23.6 Å². The third kappa shape index (κ3) is 3.75. The number of nitrogens with zero attached hydrogens (tertiary/aromatic N) is 1. The zero-order chi connectivity index (χ0) is 13.8. The van der Waals surface area contributed by atoms with Gasteiger partial charge in [0.2, 0.25) is 0 Å². The Bertz CT molecular complexity index is 563. The smallest absolute Gasteiger partial charge is 0.171 e. The molecule has 0 saturated carbocycles. The second-order valence-electron chi connectivity index (χ2n) is 4.37. The Labute approximate surface area is 123 Å². The topological polar surface area (TPSA) is 37.0 Å². The summed E-state index contributed by atoms with van der Waals surface area (Å²) in [7, 11) is 0. The summed E-state index contributed by atoms with van der Waals surface area (Å²) in [5.41, 5.74) is 2.06. The summed E-state index contributed by atoms with van der Waals surface area (Å²) in [4.78, 5) is 5.67. The van der Waals surface area contributed by atoms with E-state index in [1.54, 1.807) is 11.3 Å². The second-order valence-corrected chi connectivity index (χ2v) is 6.01. The number of para-hydroxylation sites is 1. The molecule has 1 aromatic carbocycles. The van der Waals surface area contributed by atoms with E-state index in [-0.39, 0.29) is 6.04 Å². The number of aryl methyl sites for hydroxylation is 2. The van der Waals surface area contributed by atoms with E-state index < -0.39 is 0 Å². The van der Waals surface area contributed by atoms with Gasteiger partial charge in [0, 0.05) is 10.6 Å². The number of thiazole rings is 1.